The van der Waals surface area contributed by atoms with E-state index >= 15 is 0 Å². The summed E-state index contributed by atoms with van der Waals surface area (Å²) in [5.74, 6) is 0.309. The molecule has 0 unspecified atom stereocenters. The van der Waals surface area contributed by atoms with Crippen LogP contribution < -0.4 is 10.2 Å². The highest BCUT2D eigenvalue weighted by molar-refractivity contribution is 9.10. The maximum absolute atomic E-state index is 12.0. The van der Waals surface area contributed by atoms with Gasteiger partial charge in [0.05, 0.1) is 10.7 Å². The van der Waals surface area contributed by atoms with E-state index in [2.05, 4.69) is 32.5 Å². The van der Waals surface area contributed by atoms with E-state index in [1.807, 2.05) is 62.4 Å². The van der Waals surface area contributed by atoms with E-state index in [1.165, 1.54) is 5.56 Å². The van der Waals surface area contributed by atoms with Gasteiger partial charge in [0.2, 0.25) is 0 Å². The second-order valence-electron chi connectivity index (χ2n) is 6.04. The summed E-state index contributed by atoms with van der Waals surface area (Å²) < 4.78 is 6.45. The standard InChI is InChI=1S/C21H19BrN2O2/c1-14-7-8-17(15(2)11-14)12-23-24-20(25)13-26-19-10-9-16-5-3-4-6-18(16)21(19)22/h3-12H,13H2,1-2H3,(H,24,25)/b23-12+. The molecule has 5 heteroatoms. The first-order valence-electron chi connectivity index (χ1n) is 8.24. The third kappa shape index (κ3) is 4.29. The highest BCUT2D eigenvalue weighted by atomic mass is 79.9. The SMILES string of the molecule is Cc1ccc(/C=N/NC(=O)COc2ccc3ccccc3c2Br)c(C)c1. The van der Waals surface area contributed by atoms with Gasteiger partial charge in [-0.25, -0.2) is 5.43 Å². The van der Waals surface area contributed by atoms with Crippen LogP contribution in [-0.2, 0) is 4.79 Å². The average molecular weight is 411 g/mol. The Morgan fingerprint density at radius 3 is 2.77 bits per heavy atom. The summed E-state index contributed by atoms with van der Waals surface area (Å²) in [7, 11) is 0. The molecule has 0 heterocycles. The third-order valence-corrected chi connectivity index (χ3v) is 4.82. The lowest BCUT2D eigenvalue weighted by Crippen LogP contribution is -2.24. The lowest BCUT2D eigenvalue weighted by atomic mass is 10.1. The van der Waals surface area contributed by atoms with Crippen molar-refractivity contribution >= 4 is 38.8 Å². The Hall–Kier alpha value is -2.66. The van der Waals surface area contributed by atoms with Gasteiger partial charge in [-0.3, -0.25) is 4.79 Å². The molecule has 0 bridgehead atoms. The fraction of sp³-hybridized carbons (Fsp3) is 0.143. The van der Waals surface area contributed by atoms with Crippen molar-refractivity contribution in [3.05, 3.63) is 75.8 Å². The fourth-order valence-electron chi connectivity index (χ4n) is 2.64. The van der Waals surface area contributed by atoms with E-state index < -0.39 is 0 Å². The Bertz CT molecular complexity index is 983. The molecule has 4 nitrogen and oxygen atoms in total. The topological polar surface area (TPSA) is 50.7 Å². The number of fused-ring (bicyclic) bond motifs is 1. The van der Waals surface area contributed by atoms with Crippen LogP contribution in [0.3, 0.4) is 0 Å². The molecule has 0 radical (unpaired) electrons. The van der Waals surface area contributed by atoms with E-state index in [-0.39, 0.29) is 12.5 Å². The van der Waals surface area contributed by atoms with Gasteiger partial charge in [0.1, 0.15) is 5.75 Å². The molecule has 3 aromatic carbocycles. The minimum absolute atomic E-state index is 0.110. The lowest BCUT2D eigenvalue weighted by Gasteiger charge is -2.09. The highest BCUT2D eigenvalue weighted by Crippen LogP contribution is 2.32. The molecule has 0 aliphatic rings. The maximum Gasteiger partial charge on any atom is 0.277 e. The first kappa shape index (κ1) is 18.1. The molecule has 0 fully saturated rings. The number of benzene rings is 3. The van der Waals surface area contributed by atoms with Crippen molar-refractivity contribution in [2.24, 2.45) is 5.10 Å². The van der Waals surface area contributed by atoms with Gasteiger partial charge in [-0.1, -0.05) is 54.1 Å². The van der Waals surface area contributed by atoms with E-state index in [9.17, 15) is 4.79 Å². The number of aryl methyl sites for hydroxylation is 2. The average Bonchev–Trinajstić information content (AvgIpc) is 2.63. The molecule has 0 aliphatic heterocycles. The largest absolute Gasteiger partial charge is 0.483 e. The predicted molar refractivity (Wildman–Crippen MR) is 109 cm³/mol. The van der Waals surface area contributed by atoms with Gasteiger partial charge in [-0.2, -0.15) is 5.10 Å². The van der Waals surface area contributed by atoms with Crippen LogP contribution in [0.4, 0.5) is 0 Å². The predicted octanol–water partition coefficient (Wildman–Crippen LogP) is 4.75. The quantitative estimate of drug-likeness (QED) is 0.487. The minimum atomic E-state index is -0.314. The van der Waals surface area contributed by atoms with Crippen LogP contribution in [0.5, 0.6) is 5.75 Å². The summed E-state index contributed by atoms with van der Waals surface area (Å²) in [5.41, 5.74) is 5.76. The van der Waals surface area contributed by atoms with Crippen molar-refractivity contribution in [2.75, 3.05) is 6.61 Å². The number of amides is 1. The van der Waals surface area contributed by atoms with E-state index in [0.29, 0.717) is 5.75 Å². The zero-order valence-corrected chi connectivity index (χ0v) is 16.2. The molecule has 132 valence electrons. The number of rotatable bonds is 5. The van der Waals surface area contributed by atoms with Crippen LogP contribution in [-0.4, -0.2) is 18.7 Å². The van der Waals surface area contributed by atoms with Crippen molar-refractivity contribution in [2.45, 2.75) is 13.8 Å². The number of halogens is 1. The monoisotopic (exact) mass is 410 g/mol. The van der Waals surface area contributed by atoms with Gasteiger partial charge in [0.25, 0.3) is 5.91 Å². The van der Waals surface area contributed by atoms with Crippen LogP contribution >= 0.6 is 15.9 Å². The van der Waals surface area contributed by atoms with Crippen molar-refractivity contribution in [3.63, 3.8) is 0 Å². The second-order valence-corrected chi connectivity index (χ2v) is 6.83. The minimum Gasteiger partial charge on any atom is -0.483 e. The fourth-order valence-corrected chi connectivity index (χ4v) is 3.25. The van der Waals surface area contributed by atoms with E-state index in [4.69, 9.17) is 4.74 Å². The summed E-state index contributed by atoms with van der Waals surface area (Å²) in [6, 6.07) is 17.8. The summed E-state index contributed by atoms with van der Waals surface area (Å²) in [6.07, 6.45) is 1.64. The zero-order valence-electron chi connectivity index (χ0n) is 14.6. The maximum atomic E-state index is 12.0. The molecule has 0 aliphatic carbocycles. The van der Waals surface area contributed by atoms with Crippen molar-refractivity contribution < 1.29 is 9.53 Å². The zero-order chi connectivity index (χ0) is 18.5. The van der Waals surface area contributed by atoms with Crippen LogP contribution in [0.15, 0.2) is 64.2 Å². The third-order valence-electron chi connectivity index (χ3n) is 4.00. The summed E-state index contributed by atoms with van der Waals surface area (Å²) in [4.78, 5) is 12.0. The van der Waals surface area contributed by atoms with Crippen LogP contribution in [0.2, 0.25) is 0 Å². The number of hydrazone groups is 1. The number of nitrogens with one attached hydrogen (secondary N) is 1. The van der Waals surface area contributed by atoms with E-state index in [1.54, 1.807) is 6.21 Å². The Labute approximate surface area is 161 Å². The van der Waals surface area contributed by atoms with Crippen LogP contribution in [0, 0.1) is 13.8 Å². The van der Waals surface area contributed by atoms with Crippen LogP contribution in [0.1, 0.15) is 16.7 Å². The Kier molecular flexibility index (Phi) is 5.68. The molecule has 26 heavy (non-hydrogen) atoms. The van der Waals surface area contributed by atoms with Gasteiger partial charge in [0, 0.05) is 0 Å². The molecule has 0 saturated heterocycles. The summed E-state index contributed by atoms with van der Waals surface area (Å²) in [5, 5.41) is 6.15. The molecule has 1 N–H and O–H groups in total. The molecular formula is C21H19BrN2O2. The number of hydrogen-bond acceptors (Lipinski definition) is 3. The highest BCUT2D eigenvalue weighted by Gasteiger charge is 2.08. The van der Waals surface area contributed by atoms with Crippen LogP contribution in [0.25, 0.3) is 10.8 Å². The second kappa shape index (κ2) is 8.15. The number of ether oxygens (including phenoxy) is 1. The number of carbonyl (C=O) groups excluding carboxylic acids is 1. The Balaban J connectivity index is 1.59. The Morgan fingerprint density at radius 1 is 1.15 bits per heavy atom. The smallest absolute Gasteiger partial charge is 0.277 e. The normalized spacial score (nSPS) is 11.0. The van der Waals surface area contributed by atoms with Gasteiger partial charge in [-0.05, 0) is 57.7 Å². The van der Waals surface area contributed by atoms with Crippen molar-refractivity contribution in [1.82, 2.24) is 5.43 Å². The molecule has 0 spiro atoms. The first-order chi connectivity index (χ1) is 12.5. The van der Waals surface area contributed by atoms with Gasteiger partial charge in [-0.15, -0.1) is 0 Å². The van der Waals surface area contributed by atoms with Gasteiger partial charge < -0.3 is 4.74 Å². The Morgan fingerprint density at radius 2 is 1.96 bits per heavy atom. The van der Waals surface area contributed by atoms with E-state index in [0.717, 1.165) is 26.4 Å². The summed E-state index contributed by atoms with van der Waals surface area (Å²) >= 11 is 3.54. The molecule has 0 aromatic heterocycles. The molecule has 0 saturated carbocycles. The number of carbonyl (C=O) groups is 1. The van der Waals surface area contributed by atoms with Crippen molar-refractivity contribution in [3.8, 4) is 5.75 Å². The molecule has 3 rings (SSSR count). The van der Waals surface area contributed by atoms with Crippen molar-refractivity contribution in [1.29, 1.82) is 0 Å². The molecule has 1 amide bonds. The van der Waals surface area contributed by atoms with Gasteiger partial charge in [0.15, 0.2) is 6.61 Å². The van der Waals surface area contributed by atoms with Gasteiger partial charge >= 0.3 is 0 Å². The molecular weight excluding hydrogens is 392 g/mol. The first-order valence-corrected chi connectivity index (χ1v) is 9.03. The number of hydrogen-bond donors (Lipinski definition) is 1. The number of nitrogens with zero attached hydrogens (tertiary/aromatic N) is 1. The molecule has 3 aromatic rings. The lowest BCUT2D eigenvalue weighted by molar-refractivity contribution is -0.123. The molecule has 0 atom stereocenters. The summed E-state index contributed by atoms with van der Waals surface area (Å²) in [6.45, 7) is 3.94.